The highest BCUT2D eigenvalue weighted by Gasteiger charge is 2.00. The Labute approximate surface area is 100 Å². The number of hydrogen-bond donors (Lipinski definition) is 0. The number of rotatable bonds is 3. The van der Waals surface area contributed by atoms with Gasteiger partial charge < -0.3 is 0 Å². The zero-order valence-electron chi connectivity index (χ0n) is 10.3. The standard InChI is InChI=1S/C16H24/c1-2-3-13-16-14-11-9-7-5-4-6-8-10-12-15-16/h2,4-5,10-12,14,16H,1,3,6-9,13,15H2. The Morgan fingerprint density at radius 2 is 1.56 bits per heavy atom. The lowest BCUT2D eigenvalue weighted by Gasteiger charge is -2.08. The quantitative estimate of drug-likeness (QED) is 0.569. The van der Waals surface area contributed by atoms with Gasteiger partial charge in [-0.05, 0) is 50.9 Å². The smallest absolute Gasteiger partial charge is 0.0196 e. The summed E-state index contributed by atoms with van der Waals surface area (Å²) in [7, 11) is 0. The van der Waals surface area contributed by atoms with E-state index in [1.807, 2.05) is 6.08 Å². The maximum absolute atomic E-state index is 3.80. The molecule has 0 aromatic carbocycles. The summed E-state index contributed by atoms with van der Waals surface area (Å²) in [4.78, 5) is 0. The molecule has 0 amide bonds. The molecule has 0 fully saturated rings. The van der Waals surface area contributed by atoms with Gasteiger partial charge in [0.15, 0.2) is 0 Å². The fourth-order valence-electron chi connectivity index (χ4n) is 1.92. The maximum Gasteiger partial charge on any atom is -0.0196 e. The third-order valence-corrected chi connectivity index (χ3v) is 2.92. The molecule has 1 atom stereocenters. The van der Waals surface area contributed by atoms with E-state index in [9.17, 15) is 0 Å². The summed E-state index contributed by atoms with van der Waals surface area (Å²) in [5.74, 6) is 0.706. The van der Waals surface area contributed by atoms with E-state index in [0.29, 0.717) is 5.92 Å². The first-order valence-electron chi connectivity index (χ1n) is 6.51. The molecule has 0 bridgehead atoms. The van der Waals surface area contributed by atoms with Crippen molar-refractivity contribution in [3.05, 3.63) is 49.1 Å². The zero-order chi connectivity index (χ0) is 11.5. The normalized spacial score (nSPS) is 22.4. The molecular weight excluding hydrogens is 192 g/mol. The van der Waals surface area contributed by atoms with E-state index in [2.05, 4.69) is 43.0 Å². The van der Waals surface area contributed by atoms with Crippen molar-refractivity contribution in [3.8, 4) is 0 Å². The molecule has 88 valence electrons. The van der Waals surface area contributed by atoms with Gasteiger partial charge in [0.2, 0.25) is 0 Å². The van der Waals surface area contributed by atoms with Gasteiger partial charge in [0.05, 0.1) is 0 Å². The van der Waals surface area contributed by atoms with Crippen molar-refractivity contribution in [3.63, 3.8) is 0 Å². The van der Waals surface area contributed by atoms with E-state index < -0.39 is 0 Å². The van der Waals surface area contributed by atoms with Crippen LogP contribution >= 0.6 is 0 Å². The first-order chi connectivity index (χ1) is 7.93. The molecule has 0 aliphatic heterocycles. The first kappa shape index (κ1) is 13.0. The van der Waals surface area contributed by atoms with Crippen LogP contribution in [0.4, 0.5) is 0 Å². The highest BCUT2D eigenvalue weighted by molar-refractivity contribution is 4.98. The summed E-state index contributed by atoms with van der Waals surface area (Å²) in [6, 6.07) is 0. The molecule has 1 rings (SSSR count). The fraction of sp³-hybridized carbons (Fsp3) is 0.500. The molecule has 1 aliphatic rings. The van der Waals surface area contributed by atoms with Gasteiger partial charge in [-0.2, -0.15) is 0 Å². The predicted molar refractivity (Wildman–Crippen MR) is 73.4 cm³/mol. The Bertz CT molecular complexity index is 255. The summed E-state index contributed by atoms with van der Waals surface area (Å²) >= 11 is 0. The van der Waals surface area contributed by atoms with E-state index in [0.717, 1.165) is 6.42 Å². The minimum Gasteiger partial charge on any atom is -0.103 e. The molecule has 1 unspecified atom stereocenters. The van der Waals surface area contributed by atoms with Crippen molar-refractivity contribution in [2.45, 2.75) is 44.9 Å². The molecular formula is C16H24. The second-order valence-electron chi connectivity index (χ2n) is 4.39. The summed E-state index contributed by atoms with van der Waals surface area (Å²) in [5, 5.41) is 0. The van der Waals surface area contributed by atoms with Crippen molar-refractivity contribution in [1.29, 1.82) is 0 Å². The lowest BCUT2D eigenvalue weighted by atomic mass is 9.97. The van der Waals surface area contributed by atoms with Crippen molar-refractivity contribution < 1.29 is 0 Å². The summed E-state index contributed by atoms with van der Waals surface area (Å²) in [5.41, 5.74) is 0. The molecule has 0 spiro atoms. The topological polar surface area (TPSA) is 0 Å². The van der Waals surface area contributed by atoms with E-state index in [1.54, 1.807) is 0 Å². The summed E-state index contributed by atoms with van der Waals surface area (Å²) in [6.07, 6.45) is 24.3. The van der Waals surface area contributed by atoms with Crippen LogP contribution in [0.1, 0.15) is 44.9 Å². The fourth-order valence-corrected chi connectivity index (χ4v) is 1.92. The van der Waals surface area contributed by atoms with Gasteiger partial charge in [-0.3, -0.25) is 0 Å². The van der Waals surface area contributed by atoms with Gasteiger partial charge >= 0.3 is 0 Å². The Morgan fingerprint density at radius 3 is 2.25 bits per heavy atom. The molecule has 16 heavy (non-hydrogen) atoms. The lowest BCUT2D eigenvalue weighted by molar-refractivity contribution is 0.604. The molecule has 0 aromatic rings. The molecule has 1 aliphatic carbocycles. The minimum atomic E-state index is 0.706. The van der Waals surface area contributed by atoms with Crippen molar-refractivity contribution >= 4 is 0 Å². The van der Waals surface area contributed by atoms with Crippen LogP contribution in [0.25, 0.3) is 0 Å². The van der Waals surface area contributed by atoms with Crippen LogP contribution in [0.5, 0.6) is 0 Å². The lowest BCUT2D eigenvalue weighted by Crippen LogP contribution is -1.94. The SMILES string of the molecule is C=CCCC1C=CCCC=CCCC=CC1. The molecule has 0 saturated carbocycles. The molecule has 0 saturated heterocycles. The van der Waals surface area contributed by atoms with Crippen molar-refractivity contribution in [2.75, 3.05) is 0 Å². The zero-order valence-corrected chi connectivity index (χ0v) is 10.3. The van der Waals surface area contributed by atoms with E-state index in [1.165, 1.54) is 38.5 Å². The van der Waals surface area contributed by atoms with Gasteiger partial charge in [-0.25, -0.2) is 0 Å². The number of allylic oxidation sites excluding steroid dienone is 7. The summed E-state index contributed by atoms with van der Waals surface area (Å²) < 4.78 is 0. The van der Waals surface area contributed by atoms with Gasteiger partial charge in [0.1, 0.15) is 0 Å². The minimum absolute atomic E-state index is 0.706. The monoisotopic (exact) mass is 216 g/mol. The molecule has 0 heteroatoms. The predicted octanol–water partition coefficient (Wildman–Crippen LogP) is 5.20. The molecule has 0 nitrogen and oxygen atoms in total. The number of hydrogen-bond acceptors (Lipinski definition) is 0. The Hall–Kier alpha value is -1.04. The first-order valence-corrected chi connectivity index (χ1v) is 6.51. The van der Waals surface area contributed by atoms with E-state index >= 15 is 0 Å². The van der Waals surface area contributed by atoms with Gasteiger partial charge in [-0.15, -0.1) is 6.58 Å². The van der Waals surface area contributed by atoms with Crippen LogP contribution in [-0.4, -0.2) is 0 Å². The average Bonchev–Trinajstić information content (AvgIpc) is 2.28. The molecule has 0 N–H and O–H groups in total. The summed E-state index contributed by atoms with van der Waals surface area (Å²) in [6.45, 7) is 3.80. The van der Waals surface area contributed by atoms with Gasteiger partial charge in [0.25, 0.3) is 0 Å². The van der Waals surface area contributed by atoms with Crippen LogP contribution in [0.2, 0.25) is 0 Å². The van der Waals surface area contributed by atoms with E-state index in [4.69, 9.17) is 0 Å². The second kappa shape index (κ2) is 9.21. The van der Waals surface area contributed by atoms with Crippen molar-refractivity contribution in [2.24, 2.45) is 5.92 Å². The second-order valence-corrected chi connectivity index (χ2v) is 4.39. The maximum atomic E-state index is 3.80. The molecule has 0 heterocycles. The van der Waals surface area contributed by atoms with E-state index in [-0.39, 0.29) is 0 Å². The van der Waals surface area contributed by atoms with Crippen molar-refractivity contribution in [1.82, 2.24) is 0 Å². The van der Waals surface area contributed by atoms with Crippen LogP contribution in [0.3, 0.4) is 0 Å². The molecule has 0 radical (unpaired) electrons. The average molecular weight is 216 g/mol. The van der Waals surface area contributed by atoms with Crippen LogP contribution < -0.4 is 0 Å². The highest BCUT2D eigenvalue weighted by Crippen LogP contribution is 2.16. The third kappa shape index (κ3) is 6.44. The van der Waals surface area contributed by atoms with Crippen LogP contribution in [-0.2, 0) is 0 Å². The Kier molecular flexibility index (Phi) is 7.49. The van der Waals surface area contributed by atoms with Gasteiger partial charge in [0, 0.05) is 0 Å². The Morgan fingerprint density at radius 1 is 0.938 bits per heavy atom. The largest absolute Gasteiger partial charge is 0.103 e. The Balaban J connectivity index is 2.46. The van der Waals surface area contributed by atoms with Crippen LogP contribution in [0.15, 0.2) is 49.1 Å². The van der Waals surface area contributed by atoms with Gasteiger partial charge in [-0.1, -0.05) is 42.5 Å². The highest BCUT2D eigenvalue weighted by atomic mass is 14.1. The molecule has 0 aromatic heterocycles. The third-order valence-electron chi connectivity index (χ3n) is 2.92. The van der Waals surface area contributed by atoms with Crippen LogP contribution in [0, 0.1) is 5.92 Å².